The monoisotopic (exact) mass is 515 g/mol. The quantitative estimate of drug-likeness (QED) is 0.285. The van der Waals surface area contributed by atoms with Gasteiger partial charge in [-0.2, -0.15) is 0 Å². The van der Waals surface area contributed by atoms with E-state index >= 15 is 0 Å². The molecule has 0 saturated carbocycles. The zero-order chi connectivity index (χ0) is 25.5. The minimum Gasteiger partial charge on any atom is -0.494 e. The lowest BCUT2D eigenvalue weighted by molar-refractivity contribution is -0.140. The number of fused-ring (bicyclic) bond motifs is 1. The molecular formula is C23H26ClN7O5. The first-order chi connectivity index (χ1) is 17.5. The Hall–Kier alpha value is -3.61. The number of aromatic nitrogens is 4. The van der Waals surface area contributed by atoms with Gasteiger partial charge >= 0.3 is 5.97 Å². The maximum atomic E-state index is 12.5. The molecular weight excluding hydrogens is 490 g/mol. The van der Waals surface area contributed by atoms with Crippen molar-refractivity contribution in [1.82, 2.24) is 25.3 Å². The molecule has 1 fully saturated rings. The lowest BCUT2D eigenvalue weighted by Gasteiger charge is -2.23. The number of carbonyl (C=O) groups is 2. The molecule has 36 heavy (non-hydrogen) atoms. The van der Waals surface area contributed by atoms with Gasteiger partial charge in [-0.3, -0.25) is 9.59 Å². The summed E-state index contributed by atoms with van der Waals surface area (Å²) in [5.41, 5.74) is 1.67. The van der Waals surface area contributed by atoms with Crippen LogP contribution in [0, 0.1) is 0 Å². The molecule has 4 rings (SSSR count). The third-order valence-electron chi connectivity index (χ3n) is 5.47. The Morgan fingerprint density at radius 3 is 2.81 bits per heavy atom. The minimum atomic E-state index is -0.363. The second-order valence-electron chi connectivity index (χ2n) is 7.91. The van der Waals surface area contributed by atoms with Gasteiger partial charge in [0.15, 0.2) is 0 Å². The molecule has 1 aliphatic rings. The Bertz CT molecular complexity index is 1250. The molecule has 3 heterocycles. The zero-order valence-corrected chi connectivity index (χ0v) is 20.6. The Morgan fingerprint density at radius 2 is 2.06 bits per heavy atom. The van der Waals surface area contributed by atoms with E-state index in [1.54, 1.807) is 18.2 Å². The summed E-state index contributed by atoms with van der Waals surface area (Å²) in [7, 11) is 2.81. The highest BCUT2D eigenvalue weighted by molar-refractivity contribution is 6.28. The van der Waals surface area contributed by atoms with E-state index in [1.807, 2.05) is 0 Å². The van der Waals surface area contributed by atoms with Crippen LogP contribution in [0.2, 0.25) is 5.28 Å². The van der Waals surface area contributed by atoms with Crippen LogP contribution in [0.25, 0.3) is 10.9 Å². The number of halogens is 1. The number of benzene rings is 1. The fraction of sp³-hybridized carbons (Fsp3) is 0.391. The molecule has 1 unspecified atom stereocenters. The number of nitrogens with one attached hydrogen (secondary N) is 3. The van der Waals surface area contributed by atoms with Crippen molar-refractivity contribution in [3.63, 3.8) is 0 Å². The average molecular weight is 516 g/mol. The van der Waals surface area contributed by atoms with Crippen molar-refractivity contribution in [2.75, 3.05) is 44.5 Å². The highest BCUT2D eigenvalue weighted by Gasteiger charge is 2.20. The molecule has 1 aromatic carbocycles. The molecule has 1 saturated heterocycles. The third-order valence-corrected chi connectivity index (χ3v) is 5.63. The predicted octanol–water partition coefficient (Wildman–Crippen LogP) is 2.77. The zero-order valence-electron chi connectivity index (χ0n) is 19.8. The van der Waals surface area contributed by atoms with Crippen LogP contribution in [0.1, 0.15) is 31.1 Å². The van der Waals surface area contributed by atoms with Gasteiger partial charge in [-0.05, 0) is 24.1 Å². The smallest absolute Gasteiger partial charge is 0.305 e. The molecule has 13 heteroatoms. The van der Waals surface area contributed by atoms with Gasteiger partial charge in [0.05, 0.1) is 37.7 Å². The first kappa shape index (κ1) is 25.5. The van der Waals surface area contributed by atoms with Gasteiger partial charge in [-0.15, -0.1) is 0 Å². The van der Waals surface area contributed by atoms with E-state index in [0.717, 1.165) is 6.54 Å². The van der Waals surface area contributed by atoms with Gasteiger partial charge in [0.25, 0.3) is 0 Å². The molecule has 3 N–H and O–H groups in total. The van der Waals surface area contributed by atoms with Gasteiger partial charge in [-0.1, -0.05) is 0 Å². The molecule has 0 aliphatic carbocycles. The summed E-state index contributed by atoms with van der Waals surface area (Å²) in [6, 6.07) is 5.17. The fourth-order valence-electron chi connectivity index (χ4n) is 3.70. The first-order valence-corrected chi connectivity index (χ1v) is 11.7. The van der Waals surface area contributed by atoms with Gasteiger partial charge in [0.2, 0.25) is 11.2 Å². The van der Waals surface area contributed by atoms with Crippen LogP contribution in [0.15, 0.2) is 24.5 Å². The van der Waals surface area contributed by atoms with Crippen LogP contribution in [-0.4, -0.2) is 65.7 Å². The predicted molar refractivity (Wildman–Crippen MR) is 132 cm³/mol. The molecule has 3 aromatic rings. The van der Waals surface area contributed by atoms with Crippen molar-refractivity contribution < 1.29 is 23.8 Å². The number of morpholine rings is 1. The number of esters is 1. The molecule has 1 amide bonds. The fourth-order valence-corrected chi connectivity index (χ4v) is 3.89. The van der Waals surface area contributed by atoms with Crippen molar-refractivity contribution in [2.45, 2.75) is 25.4 Å². The highest BCUT2D eigenvalue weighted by atomic mass is 35.5. The molecule has 0 spiro atoms. The van der Waals surface area contributed by atoms with Crippen molar-refractivity contribution in [1.29, 1.82) is 0 Å². The molecule has 1 aliphatic heterocycles. The minimum absolute atomic E-state index is 0.0733. The number of hydrogen-bond donors (Lipinski definition) is 3. The van der Waals surface area contributed by atoms with E-state index in [9.17, 15) is 9.59 Å². The topological polar surface area (TPSA) is 149 Å². The van der Waals surface area contributed by atoms with Crippen LogP contribution in [0.3, 0.4) is 0 Å². The number of amides is 1. The molecule has 190 valence electrons. The van der Waals surface area contributed by atoms with Gasteiger partial charge < -0.3 is 30.2 Å². The SMILES string of the molecule is COC(=O)CCCC(=O)Nc1cc2c(Nc3cc(C4CNCCO4)nc(Cl)n3)ncnc2cc1OC. The summed E-state index contributed by atoms with van der Waals surface area (Å²) >= 11 is 6.18. The van der Waals surface area contributed by atoms with Gasteiger partial charge in [0, 0.05) is 43.5 Å². The summed E-state index contributed by atoms with van der Waals surface area (Å²) in [6.45, 7) is 1.97. The van der Waals surface area contributed by atoms with E-state index in [2.05, 4.69) is 40.6 Å². The van der Waals surface area contributed by atoms with E-state index in [-0.39, 0.29) is 36.1 Å². The Morgan fingerprint density at radius 1 is 1.19 bits per heavy atom. The van der Waals surface area contributed by atoms with E-state index in [0.29, 0.717) is 59.2 Å². The second-order valence-corrected chi connectivity index (χ2v) is 8.24. The number of anilines is 3. The molecule has 0 radical (unpaired) electrons. The van der Waals surface area contributed by atoms with Crippen LogP contribution >= 0.6 is 11.6 Å². The number of ether oxygens (including phenoxy) is 3. The highest BCUT2D eigenvalue weighted by Crippen LogP contribution is 2.33. The number of nitrogens with zero attached hydrogens (tertiary/aromatic N) is 4. The lowest BCUT2D eigenvalue weighted by Crippen LogP contribution is -2.33. The van der Waals surface area contributed by atoms with Crippen molar-refractivity contribution in [3.8, 4) is 5.75 Å². The van der Waals surface area contributed by atoms with E-state index < -0.39 is 0 Å². The number of rotatable bonds is 9. The van der Waals surface area contributed by atoms with Crippen LogP contribution in [0.5, 0.6) is 5.75 Å². The van der Waals surface area contributed by atoms with Crippen molar-refractivity contribution in [2.24, 2.45) is 0 Å². The van der Waals surface area contributed by atoms with Crippen molar-refractivity contribution >= 4 is 51.7 Å². The summed E-state index contributed by atoms with van der Waals surface area (Å²) in [5.74, 6) is 0.688. The standard InChI is InChI=1S/C23H26ClN7O5/c1-34-17-9-14-13(8-15(17)28-20(32)4-3-5-21(33)35-2)22(27-12-26-14)30-19-10-16(29-23(24)31-19)18-11-25-6-7-36-18/h8-10,12,18,25H,3-7,11H2,1-2H3,(H,28,32)(H,26,27,29,30,31). The Balaban J connectivity index is 1.58. The second kappa shape index (κ2) is 11.9. The molecule has 0 bridgehead atoms. The summed E-state index contributed by atoms with van der Waals surface area (Å²) in [6.07, 6.45) is 1.83. The van der Waals surface area contributed by atoms with Gasteiger partial charge in [-0.25, -0.2) is 19.9 Å². The molecule has 2 aromatic heterocycles. The summed E-state index contributed by atoms with van der Waals surface area (Å²) in [4.78, 5) is 41.0. The number of methoxy groups -OCH3 is 2. The maximum absolute atomic E-state index is 12.5. The number of carbonyl (C=O) groups excluding carboxylic acids is 2. The van der Waals surface area contributed by atoms with Crippen LogP contribution < -0.4 is 20.7 Å². The largest absolute Gasteiger partial charge is 0.494 e. The molecule has 1 atom stereocenters. The van der Waals surface area contributed by atoms with E-state index in [1.165, 1.54) is 20.5 Å². The van der Waals surface area contributed by atoms with E-state index in [4.69, 9.17) is 21.1 Å². The van der Waals surface area contributed by atoms with Gasteiger partial charge in [0.1, 0.15) is 29.8 Å². The van der Waals surface area contributed by atoms with Crippen LogP contribution in [-0.2, 0) is 19.1 Å². The first-order valence-electron chi connectivity index (χ1n) is 11.3. The van der Waals surface area contributed by atoms with Crippen molar-refractivity contribution in [3.05, 3.63) is 35.5 Å². The van der Waals surface area contributed by atoms with Crippen LogP contribution in [0.4, 0.5) is 17.3 Å². The number of hydrogen-bond acceptors (Lipinski definition) is 11. The third kappa shape index (κ3) is 6.33. The summed E-state index contributed by atoms with van der Waals surface area (Å²) < 4.78 is 15.8. The average Bonchev–Trinajstić information content (AvgIpc) is 2.88. The molecule has 12 nitrogen and oxygen atoms in total. The Kier molecular flexibility index (Phi) is 8.41. The normalized spacial score (nSPS) is 15.4. The Labute approximate surface area is 212 Å². The summed E-state index contributed by atoms with van der Waals surface area (Å²) in [5, 5.41) is 9.95. The lowest BCUT2D eigenvalue weighted by atomic mass is 10.1. The maximum Gasteiger partial charge on any atom is 0.305 e.